The third-order valence-corrected chi connectivity index (χ3v) is 7.71. The van der Waals surface area contributed by atoms with Crippen LogP contribution in [0.3, 0.4) is 0 Å². The van der Waals surface area contributed by atoms with Gasteiger partial charge in [0.1, 0.15) is 5.75 Å². The predicted octanol–water partition coefficient (Wildman–Crippen LogP) is 4.01. The number of carbonyl (C=O) groups is 1. The molecule has 156 valence electrons. The van der Waals surface area contributed by atoms with Gasteiger partial charge in [0.15, 0.2) is 0 Å². The maximum atomic E-state index is 12.8. The quantitative estimate of drug-likeness (QED) is 0.652. The molecule has 0 bridgehead atoms. The number of carbonyl (C=O) groups excluding carboxylic acids is 1. The van der Waals surface area contributed by atoms with E-state index in [0.29, 0.717) is 35.3 Å². The number of sulfonamides is 1. The Bertz CT molecular complexity index is 959. The molecule has 0 radical (unpaired) electrons. The number of nitrogens with zero attached hydrogens (tertiary/aromatic N) is 1. The first-order valence-electron chi connectivity index (χ1n) is 9.20. The van der Waals surface area contributed by atoms with Crippen molar-refractivity contribution in [2.45, 2.75) is 23.5 Å². The van der Waals surface area contributed by atoms with Gasteiger partial charge < -0.3 is 10.1 Å². The van der Waals surface area contributed by atoms with E-state index >= 15 is 0 Å². The zero-order valence-corrected chi connectivity index (χ0v) is 18.4. The lowest BCUT2D eigenvalue weighted by atomic mass is 10.2. The molecule has 1 fully saturated rings. The Balaban J connectivity index is 1.65. The third-order valence-electron chi connectivity index (χ3n) is 4.56. The maximum Gasteiger partial charge on any atom is 0.243 e. The van der Waals surface area contributed by atoms with E-state index in [1.807, 2.05) is 24.3 Å². The van der Waals surface area contributed by atoms with Crippen LogP contribution >= 0.6 is 23.4 Å². The lowest BCUT2D eigenvalue weighted by molar-refractivity contribution is -0.113. The number of rotatable bonds is 8. The second-order valence-corrected chi connectivity index (χ2v) is 10.0. The second kappa shape index (κ2) is 9.84. The van der Waals surface area contributed by atoms with Crippen molar-refractivity contribution in [1.29, 1.82) is 0 Å². The first-order valence-corrected chi connectivity index (χ1v) is 12.2. The average molecular weight is 455 g/mol. The number of methoxy groups -OCH3 is 1. The SMILES string of the molecule is COc1ccc(S(=O)(=O)N2CCCC2)cc1NC(=O)CSCc1ccc(Cl)cc1. The minimum Gasteiger partial charge on any atom is -0.495 e. The van der Waals surface area contributed by atoms with Crippen molar-refractivity contribution in [1.82, 2.24) is 4.31 Å². The monoisotopic (exact) mass is 454 g/mol. The molecule has 29 heavy (non-hydrogen) atoms. The highest BCUT2D eigenvalue weighted by Gasteiger charge is 2.28. The number of anilines is 1. The van der Waals surface area contributed by atoms with E-state index in [1.54, 1.807) is 6.07 Å². The summed E-state index contributed by atoms with van der Waals surface area (Å²) in [5.41, 5.74) is 1.42. The van der Waals surface area contributed by atoms with Gasteiger partial charge in [-0.1, -0.05) is 23.7 Å². The summed E-state index contributed by atoms with van der Waals surface area (Å²) in [7, 11) is -2.09. The second-order valence-electron chi connectivity index (χ2n) is 6.64. The Morgan fingerprint density at radius 1 is 1.17 bits per heavy atom. The molecular weight excluding hydrogens is 432 g/mol. The first-order chi connectivity index (χ1) is 13.9. The van der Waals surface area contributed by atoms with Crippen LogP contribution in [0.25, 0.3) is 0 Å². The van der Waals surface area contributed by atoms with Crippen LogP contribution in [0, 0.1) is 0 Å². The van der Waals surface area contributed by atoms with E-state index in [1.165, 1.54) is 35.3 Å². The Labute approximate surface area is 180 Å². The zero-order chi connectivity index (χ0) is 20.9. The summed E-state index contributed by atoms with van der Waals surface area (Å²) >= 11 is 7.33. The molecule has 1 saturated heterocycles. The normalized spacial score (nSPS) is 14.7. The van der Waals surface area contributed by atoms with Crippen molar-refractivity contribution in [3.8, 4) is 5.75 Å². The summed E-state index contributed by atoms with van der Waals surface area (Å²) in [4.78, 5) is 12.5. The molecule has 2 aromatic rings. The molecule has 9 heteroatoms. The molecule has 1 aliphatic heterocycles. The third kappa shape index (κ3) is 5.66. The molecule has 1 aliphatic rings. The van der Waals surface area contributed by atoms with Crippen molar-refractivity contribution < 1.29 is 17.9 Å². The summed E-state index contributed by atoms with van der Waals surface area (Å²) in [6.07, 6.45) is 1.73. The van der Waals surface area contributed by atoms with E-state index in [-0.39, 0.29) is 16.6 Å². The van der Waals surface area contributed by atoms with Gasteiger partial charge in [-0.2, -0.15) is 4.31 Å². The van der Waals surface area contributed by atoms with Crippen molar-refractivity contribution >= 4 is 45.0 Å². The fraction of sp³-hybridized carbons (Fsp3) is 0.350. The molecule has 0 aromatic heterocycles. The molecule has 0 spiro atoms. The summed E-state index contributed by atoms with van der Waals surface area (Å²) in [6, 6.07) is 12.0. The van der Waals surface area contributed by atoms with Gasteiger partial charge in [0.05, 0.1) is 23.4 Å². The number of hydrogen-bond donors (Lipinski definition) is 1. The van der Waals surface area contributed by atoms with Gasteiger partial charge in [0.2, 0.25) is 15.9 Å². The molecule has 2 aromatic carbocycles. The van der Waals surface area contributed by atoms with Crippen molar-refractivity contribution in [3.63, 3.8) is 0 Å². The Hall–Kier alpha value is -1.74. The molecule has 3 rings (SSSR count). The standard InChI is InChI=1S/C20H23ClN2O4S2/c1-27-19-9-8-17(29(25,26)23-10-2-3-11-23)12-18(19)22-20(24)14-28-13-15-4-6-16(21)7-5-15/h4-9,12H,2-3,10-11,13-14H2,1H3,(H,22,24). The van der Waals surface area contributed by atoms with Gasteiger partial charge in [0.25, 0.3) is 0 Å². The molecule has 0 unspecified atom stereocenters. The van der Waals surface area contributed by atoms with E-state index in [0.717, 1.165) is 18.4 Å². The lowest BCUT2D eigenvalue weighted by Gasteiger charge is -2.17. The fourth-order valence-corrected chi connectivity index (χ4v) is 5.51. The van der Waals surface area contributed by atoms with Crippen molar-refractivity contribution in [2.24, 2.45) is 0 Å². The number of halogens is 1. The van der Waals surface area contributed by atoms with Crippen LogP contribution in [-0.4, -0.2) is 44.6 Å². The largest absolute Gasteiger partial charge is 0.495 e. The van der Waals surface area contributed by atoms with Gasteiger partial charge in [-0.15, -0.1) is 11.8 Å². The minimum atomic E-state index is -3.57. The van der Waals surface area contributed by atoms with Crippen LogP contribution in [0.4, 0.5) is 5.69 Å². The van der Waals surface area contributed by atoms with Gasteiger partial charge in [-0.3, -0.25) is 4.79 Å². The summed E-state index contributed by atoms with van der Waals surface area (Å²) in [5, 5.41) is 3.44. The van der Waals surface area contributed by atoms with Crippen LogP contribution < -0.4 is 10.1 Å². The number of benzene rings is 2. The highest BCUT2D eigenvalue weighted by atomic mass is 35.5. The minimum absolute atomic E-state index is 0.157. The van der Waals surface area contributed by atoms with Crippen molar-refractivity contribution in [3.05, 3.63) is 53.1 Å². The van der Waals surface area contributed by atoms with Crippen LogP contribution in [0.2, 0.25) is 5.02 Å². The molecule has 1 N–H and O–H groups in total. The number of nitrogens with one attached hydrogen (secondary N) is 1. The van der Waals surface area contributed by atoms with Gasteiger partial charge >= 0.3 is 0 Å². The first kappa shape index (κ1) is 22.0. The van der Waals surface area contributed by atoms with Gasteiger partial charge in [0, 0.05) is 23.9 Å². The van der Waals surface area contributed by atoms with Crippen LogP contribution in [0.15, 0.2) is 47.4 Å². The van der Waals surface area contributed by atoms with E-state index in [2.05, 4.69) is 5.32 Å². The molecule has 1 heterocycles. The number of ether oxygens (including phenoxy) is 1. The van der Waals surface area contributed by atoms with Crippen LogP contribution in [0.1, 0.15) is 18.4 Å². The van der Waals surface area contributed by atoms with E-state index < -0.39 is 10.0 Å². The van der Waals surface area contributed by atoms with E-state index in [4.69, 9.17) is 16.3 Å². The molecule has 0 atom stereocenters. The summed E-state index contributed by atoms with van der Waals surface area (Å²) in [5.74, 6) is 1.10. The highest BCUT2D eigenvalue weighted by molar-refractivity contribution is 7.99. The number of amides is 1. The topological polar surface area (TPSA) is 75.7 Å². The fourth-order valence-electron chi connectivity index (χ4n) is 3.05. The van der Waals surface area contributed by atoms with Crippen LogP contribution in [-0.2, 0) is 20.6 Å². The van der Waals surface area contributed by atoms with Crippen LogP contribution in [0.5, 0.6) is 5.75 Å². The Kier molecular flexibility index (Phi) is 7.45. The maximum absolute atomic E-state index is 12.8. The van der Waals surface area contributed by atoms with Gasteiger partial charge in [-0.05, 0) is 48.7 Å². The Morgan fingerprint density at radius 2 is 1.86 bits per heavy atom. The summed E-state index contributed by atoms with van der Waals surface area (Å²) in [6.45, 7) is 1.05. The average Bonchev–Trinajstić information content (AvgIpc) is 3.25. The molecular formula is C20H23ClN2O4S2. The number of hydrogen-bond acceptors (Lipinski definition) is 5. The lowest BCUT2D eigenvalue weighted by Crippen LogP contribution is -2.28. The van der Waals surface area contributed by atoms with E-state index in [9.17, 15) is 13.2 Å². The molecule has 0 saturated carbocycles. The Morgan fingerprint density at radius 3 is 2.52 bits per heavy atom. The zero-order valence-electron chi connectivity index (χ0n) is 16.1. The summed E-state index contributed by atoms with van der Waals surface area (Å²) < 4.78 is 32.3. The van der Waals surface area contributed by atoms with Crippen molar-refractivity contribution in [2.75, 3.05) is 31.3 Å². The smallest absolute Gasteiger partial charge is 0.243 e. The highest BCUT2D eigenvalue weighted by Crippen LogP contribution is 2.30. The molecule has 1 amide bonds. The number of thioether (sulfide) groups is 1. The van der Waals surface area contributed by atoms with Gasteiger partial charge in [-0.25, -0.2) is 8.42 Å². The molecule has 0 aliphatic carbocycles. The predicted molar refractivity (Wildman–Crippen MR) is 117 cm³/mol. The molecule has 6 nitrogen and oxygen atoms in total.